The summed E-state index contributed by atoms with van der Waals surface area (Å²) < 4.78 is 18.6. The number of ether oxygens (including phenoxy) is 1. The molecule has 6 nitrogen and oxygen atoms in total. The molecule has 1 atom stereocenters. The van der Waals surface area contributed by atoms with Gasteiger partial charge in [0.1, 0.15) is 17.7 Å². The zero-order chi connectivity index (χ0) is 18.8. The van der Waals surface area contributed by atoms with E-state index in [1.807, 2.05) is 0 Å². The van der Waals surface area contributed by atoms with Crippen molar-refractivity contribution in [2.75, 3.05) is 12.3 Å². The number of nitrogens with zero attached hydrogens (tertiary/aromatic N) is 2. The number of carbonyl (C=O) groups excluding carboxylic acids is 1. The molecule has 1 unspecified atom stereocenters. The SMILES string of the molecule is CCOC(=O)C1=C(C)NC(c2cnc(N)s2)=NC1c1ccc(F)cc1Cl. The highest BCUT2D eigenvalue weighted by molar-refractivity contribution is 7.17. The number of anilines is 1. The Kier molecular flexibility index (Phi) is 5.24. The number of amidine groups is 1. The minimum absolute atomic E-state index is 0.179. The smallest absolute Gasteiger partial charge is 0.338 e. The predicted molar refractivity (Wildman–Crippen MR) is 99.7 cm³/mol. The molecular weight excluding hydrogens is 379 g/mol. The molecular formula is C17H16ClFN4O2S. The van der Waals surface area contributed by atoms with Crippen LogP contribution in [0.1, 0.15) is 30.3 Å². The lowest BCUT2D eigenvalue weighted by Gasteiger charge is -2.26. The van der Waals surface area contributed by atoms with Crippen molar-refractivity contribution in [1.29, 1.82) is 0 Å². The molecule has 26 heavy (non-hydrogen) atoms. The van der Waals surface area contributed by atoms with Gasteiger partial charge in [0.15, 0.2) is 5.13 Å². The first-order chi connectivity index (χ1) is 12.4. The lowest BCUT2D eigenvalue weighted by Crippen LogP contribution is -2.32. The Hall–Kier alpha value is -2.45. The van der Waals surface area contributed by atoms with Crippen LogP contribution in [-0.4, -0.2) is 23.4 Å². The van der Waals surface area contributed by atoms with E-state index >= 15 is 0 Å². The number of thiazole rings is 1. The number of hydrogen-bond donors (Lipinski definition) is 2. The van der Waals surface area contributed by atoms with Gasteiger partial charge in [-0.3, -0.25) is 4.99 Å². The van der Waals surface area contributed by atoms with Gasteiger partial charge in [0, 0.05) is 16.3 Å². The van der Waals surface area contributed by atoms with Crippen molar-refractivity contribution in [3.63, 3.8) is 0 Å². The van der Waals surface area contributed by atoms with E-state index in [1.54, 1.807) is 20.0 Å². The molecule has 0 saturated heterocycles. The first-order valence-electron chi connectivity index (χ1n) is 7.80. The minimum atomic E-state index is -0.735. The third-order valence-electron chi connectivity index (χ3n) is 3.75. The second-order valence-electron chi connectivity index (χ2n) is 5.49. The minimum Gasteiger partial charge on any atom is -0.463 e. The molecule has 0 fully saturated rings. The van der Waals surface area contributed by atoms with Gasteiger partial charge in [-0.05, 0) is 26.0 Å². The highest BCUT2D eigenvalue weighted by Gasteiger charge is 2.32. The first-order valence-corrected chi connectivity index (χ1v) is 8.99. The van der Waals surface area contributed by atoms with Gasteiger partial charge in [-0.1, -0.05) is 29.0 Å². The van der Waals surface area contributed by atoms with Crippen LogP contribution in [0, 0.1) is 5.82 Å². The molecule has 0 amide bonds. The molecule has 1 aliphatic heterocycles. The Morgan fingerprint density at radius 3 is 2.88 bits per heavy atom. The molecule has 3 N–H and O–H groups in total. The molecule has 9 heteroatoms. The Bertz CT molecular complexity index is 925. The van der Waals surface area contributed by atoms with E-state index in [-0.39, 0.29) is 11.6 Å². The average Bonchev–Trinajstić information content (AvgIpc) is 3.01. The van der Waals surface area contributed by atoms with E-state index in [0.29, 0.717) is 32.7 Å². The Balaban J connectivity index is 2.12. The summed E-state index contributed by atoms with van der Waals surface area (Å²) in [4.78, 5) is 21.8. The van der Waals surface area contributed by atoms with Gasteiger partial charge < -0.3 is 15.8 Å². The molecule has 0 aliphatic carbocycles. The van der Waals surface area contributed by atoms with Gasteiger partial charge in [-0.25, -0.2) is 14.2 Å². The van der Waals surface area contributed by atoms with Crippen LogP contribution in [-0.2, 0) is 9.53 Å². The highest BCUT2D eigenvalue weighted by atomic mass is 35.5. The van der Waals surface area contributed by atoms with Gasteiger partial charge in [-0.15, -0.1) is 0 Å². The fourth-order valence-electron chi connectivity index (χ4n) is 2.62. The second-order valence-corrected chi connectivity index (χ2v) is 6.96. The van der Waals surface area contributed by atoms with Crippen LogP contribution in [0.5, 0.6) is 0 Å². The van der Waals surface area contributed by atoms with Gasteiger partial charge in [0.05, 0.1) is 23.3 Å². The second kappa shape index (κ2) is 7.43. The fourth-order valence-corrected chi connectivity index (χ4v) is 3.53. The number of benzene rings is 1. The topological polar surface area (TPSA) is 89.6 Å². The number of aromatic nitrogens is 1. The third-order valence-corrected chi connectivity index (χ3v) is 4.91. The van der Waals surface area contributed by atoms with Gasteiger partial charge in [0.2, 0.25) is 0 Å². The van der Waals surface area contributed by atoms with Crippen molar-refractivity contribution in [2.45, 2.75) is 19.9 Å². The molecule has 1 aliphatic rings. The molecule has 0 radical (unpaired) electrons. The molecule has 2 heterocycles. The number of esters is 1. The molecule has 1 aromatic heterocycles. The largest absolute Gasteiger partial charge is 0.463 e. The number of nitrogens with two attached hydrogens (primary N) is 1. The van der Waals surface area contributed by atoms with E-state index in [2.05, 4.69) is 15.3 Å². The summed E-state index contributed by atoms with van der Waals surface area (Å²) >= 11 is 7.48. The maximum absolute atomic E-state index is 13.5. The zero-order valence-electron chi connectivity index (χ0n) is 14.0. The molecule has 136 valence electrons. The van der Waals surface area contributed by atoms with E-state index in [0.717, 1.165) is 0 Å². The van der Waals surface area contributed by atoms with Crippen molar-refractivity contribution < 1.29 is 13.9 Å². The van der Waals surface area contributed by atoms with E-state index < -0.39 is 17.8 Å². The molecule has 0 spiro atoms. The molecule has 1 aromatic carbocycles. The summed E-state index contributed by atoms with van der Waals surface area (Å²) in [5.74, 6) is -0.463. The monoisotopic (exact) mass is 394 g/mol. The van der Waals surface area contributed by atoms with Crippen LogP contribution in [0.3, 0.4) is 0 Å². The zero-order valence-corrected chi connectivity index (χ0v) is 15.6. The molecule has 2 aromatic rings. The van der Waals surface area contributed by atoms with Crippen LogP contribution in [0.4, 0.5) is 9.52 Å². The van der Waals surface area contributed by atoms with Crippen molar-refractivity contribution in [1.82, 2.24) is 10.3 Å². The summed E-state index contributed by atoms with van der Waals surface area (Å²) in [7, 11) is 0. The van der Waals surface area contributed by atoms with E-state index in [4.69, 9.17) is 22.1 Å². The van der Waals surface area contributed by atoms with E-state index in [1.165, 1.54) is 29.5 Å². The normalized spacial score (nSPS) is 16.9. The Labute approximate surface area is 158 Å². The van der Waals surface area contributed by atoms with Gasteiger partial charge in [-0.2, -0.15) is 0 Å². The number of nitrogens with one attached hydrogen (secondary N) is 1. The van der Waals surface area contributed by atoms with E-state index in [9.17, 15) is 9.18 Å². The predicted octanol–water partition coefficient (Wildman–Crippen LogP) is 3.45. The number of carbonyl (C=O) groups is 1. The lowest BCUT2D eigenvalue weighted by molar-refractivity contribution is -0.138. The average molecular weight is 395 g/mol. The maximum atomic E-state index is 13.5. The van der Waals surface area contributed by atoms with Crippen LogP contribution in [0.2, 0.25) is 5.02 Å². The maximum Gasteiger partial charge on any atom is 0.338 e. The van der Waals surface area contributed by atoms with Crippen LogP contribution in [0.25, 0.3) is 0 Å². The molecule has 0 bridgehead atoms. The summed E-state index contributed by atoms with van der Waals surface area (Å²) in [6, 6.07) is 3.25. The van der Waals surface area contributed by atoms with Crippen LogP contribution >= 0.6 is 22.9 Å². The number of aliphatic imine (C=N–C) groups is 1. The Morgan fingerprint density at radius 2 is 2.27 bits per heavy atom. The fraction of sp³-hybridized carbons (Fsp3) is 0.235. The summed E-state index contributed by atoms with van der Waals surface area (Å²) in [6.07, 6.45) is 1.60. The highest BCUT2D eigenvalue weighted by Crippen LogP contribution is 2.36. The molecule has 3 rings (SSSR count). The number of nitrogen functional groups attached to an aromatic ring is 1. The number of allylic oxidation sites excluding steroid dienone is 1. The first kappa shape index (κ1) is 18.3. The summed E-state index contributed by atoms with van der Waals surface area (Å²) in [6.45, 7) is 3.69. The van der Waals surface area contributed by atoms with Crippen molar-refractivity contribution in [3.8, 4) is 0 Å². The summed E-state index contributed by atoms with van der Waals surface area (Å²) in [5.41, 5.74) is 7.10. The Morgan fingerprint density at radius 1 is 1.50 bits per heavy atom. The number of halogens is 2. The quantitative estimate of drug-likeness (QED) is 0.775. The number of hydrogen-bond acceptors (Lipinski definition) is 7. The van der Waals surface area contributed by atoms with Gasteiger partial charge in [0.25, 0.3) is 0 Å². The van der Waals surface area contributed by atoms with Crippen LogP contribution < -0.4 is 11.1 Å². The lowest BCUT2D eigenvalue weighted by atomic mass is 9.96. The van der Waals surface area contributed by atoms with Crippen LogP contribution in [0.15, 0.2) is 40.7 Å². The van der Waals surface area contributed by atoms with Crippen molar-refractivity contribution in [2.24, 2.45) is 4.99 Å². The molecule has 0 saturated carbocycles. The summed E-state index contributed by atoms with van der Waals surface area (Å²) in [5, 5.41) is 3.67. The number of rotatable bonds is 4. The third kappa shape index (κ3) is 3.56. The van der Waals surface area contributed by atoms with Crippen molar-refractivity contribution in [3.05, 3.63) is 56.9 Å². The van der Waals surface area contributed by atoms with Crippen molar-refractivity contribution >= 4 is 39.9 Å². The van der Waals surface area contributed by atoms with Gasteiger partial charge >= 0.3 is 5.97 Å². The standard InChI is InChI=1S/C17H16ClFN4O2S/c1-3-25-16(24)13-8(2)22-15(12-7-21-17(20)26-12)23-14(13)10-5-4-9(19)6-11(10)18/h4-7,14H,3H2,1-2H3,(H2,20,21)(H,22,23).